The molecule has 2 aromatic rings. The highest BCUT2D eigenvalue weighted by Crippen LogP contribution is 2.36. The molecular formula is C10H8Br2OS2. The fourth-order valence-electron chi connectivity index (χ4n) is 1.36. The Morgan fingerprint density at radius 2 is 1.93 bits per heavy atom. The van der Waals surface area contributed by atoms with Crippen molar-refractivity contribution in [1.82, 2.24) is 0 Å². The van der Waals surface area contributed by atoms with Crippen LogP contribution in [0, 0.1) is 6.92 Å². The minimum Gasteiger partial charge on any atom is -0.383 e. The summed E-state index contributed by atoms with van der Waals surface area (Å²) in [4.78, 5) is 2.12. The molecule has 0 amide bonds. The Labute approximate surface area is 113 Å². The van der Waals surface area contributed by atoms with Gasteiger partial charge in [0.1, 0.15) is 6.10 Å². The van der Waals surface area contributed by atoms with Crippen LogP contribution in [0.2, 0.25) is 0 Å². The number of aryl methyl sites for hydroxylation is 1. The van der Waals surface area contributed by atoms with Crippen molar-refractivity contribution in [3.63, 3.8) is 0 Å². The molecule has 0 fully saturated rings. The molecule has 80 valence electrons. The quantitative estimate of drug-likeness (QED) is 0.813. The molecule has 0 saturated heterocycles. The third kappa shape index (κ3) is 2.53. The van der Waals surface area contributed by atoms with Gasteiger partial charge in [0.15, 0.2) is 0 Å². The zero-order valence-corrected chi connectivity index (χ0v) is 12.6. The third-order valence-corrected chi connectivity index (χ3v) is 5.33. The summed E-state index contributed by atoms with van der Waals surface area (Å²) in [5.41, 5.74) is 0.987. The molecule has 5 heteroatoms. The van der Waals surface area contributed by atoms with E-state index in [0.29, 0.717) is 0 Å². The molecule has 15 heavy (non-hydrogen) atoms. The average Bonchev–Trinajstić information content (AvgIpc) is 2.71. The monoisotopic (exact) mass is 366 g/mol. The van der Waals surface area contributed by atoms with Gasteiger partial charge in [0, 0.05) is 15.3 Å². The molecule has 0 spiro atoms. The zero-order chi connectivity index (χ0) is 11.0. The van der Waals surface area contributed by atoms with E-state index in [2.05, 4.69) is 31.9 Å². The van der Waals surface area contributed by atoms with Gasteiger partial charge in [-0.3, -0.25) is 0 Å². The number of hydrogen-bond donors (Lipinski definition) is 1. The van der Waals surface area contributed by atoms with Gasteiger partial charge in [-0.05, 0) is 57.0 Å². The van der Waals surface area contributed by atoms with Crippen LogP contribution in [-0.2, 0) is 0 Å². The van der Waals surface area contributed by atoms with Gasteiger partial charge in [-0.25, -0.2) is 0 Å². The summed E-state index contributed by atoms with van der Waals surface area (Å²) < 4.78 is 2.10. The van der Waals surface area contributed by atoms with E-state index >= 15 is 0 Å². The number of aliphatic hydroxyl groups excluding tert-OH is 1. The van der Waals surface area contributed by atoms with Crippen LogP contribution in [0.3, 0.4) is 0 Å². The van der Waals surface area contributed by atoms with E-state index in [-0.39, 0.29) is 0 Å². The molecule has 0 bridgehead atoms. The second-order valence-corrected chi connectivity index (χ2v) is 8.24. The van der Waals surface area contributed by atoms with Crippen LogP contribution in [0.1, 0.15) is 21.4 Å². The number of thiophene rings is 2. The lowest BCUT2D eigenvalue weighted by Crippen LogP contribution is -1.96. The summed E-state index contributed by atoms with van der Waals surface area (Å²) in [6.07, 6.45) is -0.510. The molecular weight excluding hydrogens is 360 g/mol. The zero-order valence-electron chi connectivity index (χ0n) is 7.83. The van der Waals surface area contributed by atoms with Crippen LogP contribution in [0.15, 0.2) is 25.8 Å². The highest BCUT2D eigenvalue weighted by Gasteiger charge is 2.16. The van der Waals surface area contributed by atoms with Crippen molar-refractivity contribution in [3.05, 3.63) is 41.1 Å². The Kier molecular flexibility index (Phi) is 3.67. The van der Waals surface area contributed by atoms with Crippen molar-refractivity contribution < 1.29 is 5.11 Å². The number of rotatable bonds is 2. The fraction of sp³-hybridized carbons (Fsp3) is 0.200. The predicted molar refractivity (Wildman–Crippen MR) is 72.8 cm³/mol. The summed E-state index contributed by atoms with van der Waals surface area (Å²) in [5, 5.41) is 10.2. The summed E-state index contributed by atoms with van der Waals surface area (Å²) in [7, 11) is 0. The molecule has 2 heterocycles. The standard InChI is InChI=1S/C10H8Br2OS2/c1-5-6(4-9(12)14-5)10(13)7-2-3-8(11)15-7/h2-4,10,13H,1H3. The number of hydrogen-bond acceptors (Lipinski definition) is 3. The predicted octanol–water partition coefficient (Wildman–Crippen LogP) is 4.72. The van der Waals surface area contributed by atoms with Crippen molar-refractivity contribution in [2.24, 2.45) is 0 Å². The van der Waals surface area contributed by atoms with Crippen molar-refractivity contribution in [1.29, 1.82) is 0 Å². The highest BCUT2D eigenvalue weighted by atomic mass is 79.9. The molecule has 0 aliphatic carbocycles. The molecule has 0 aromatic carbocycles. The van der Waals surface area contributed by atoms with Crippen LogP contribution in [0.25, 0.3) is 0 Å². The van der Waals surface area contributed by atoms with Gasteiger partial charge in [-0.15, -0.1) is 22.7 Å². The molecule has 0 aliphatic rings. The van der Waals surface area contributed by atoms with E-state index in [0.717, 1.165) is 22.9 Å². The Morgan fingerprint density at radius 1 is 1.20 bits per heavy atom. The first-order chi connectivity index (χ1) is 7.08. The number of halogens is 2. The minimum atomic E-state index is -0.510. The van der Waals surface area contributed by atoms with Crippen LogP contribution < -0.4 is 0 Å². The summed E-state index contributed by atoms with van der Waals surface area (Å²) >= 11 is 10.0. The first kappa shape index (κ1) is 11.8. The van der Waals surface area contributed by atoms with Crippen LogP contribution in [0.4, 0.5) is 0 Å². The van der Waals surface area contributed by atoms with Crippen molar-refractivity contribution >= 4 is 54.5 Å². The van der Waals surface area contributed by atoms with E-state index in [4.69, 9.17) is 0 Å². The van der Waals surface area contributed by atoms with Crippen molar-refractivity contribution in [2.75, 3.05) is 0 Å². The molecule has 1 nitrogen and oxygen atoms in total. The molecule has 2 aromatic heterocycles. The maximum atomic E-state index is 10.2. The van der Waals surface area contributed by atoms with Crippen LogP contribution in [0.5, 0.6) is 0 Å². The fourth-order valence-corrected chi connectivity index (χ4v) is 4.53. The second kappa shape index (κ2) is 4.67. The first-order valence-electron chi connectivity index (χ1n) is 4.27. The molecule has 0 saturated carbocycles. The normalized spacial score (nSPS) is 13.1. The van der Waals surface area contributed by atoms with Gasteiger partial charge in [-0.2, -0.15) is 0 Å². The molecule has 2 rings (SSSR count). The third-order valence-electron chi connectivity index (χ3n) is 2.08. The Bertz CT molecular complexity index is 475. The number of aliphatic hydroxyl groups is 1. The van der Waals surface area contributed by atoms with Crippen molar-refractivity contribution in [3.8, 4) is 0 Å². The van der Waals surface area contributed by atoms with Crippen LogP contribution >= 0.6 is 54.5 Å². The minimum absolute atomic E-state index is 0.510. The maximum absolute atomic E-state index is 10.2. The molecule has 1 atom stereocenters. The van der Waals surface area contributed by atoms with Gasteiger partial charge in [0.25, 0.3) is 0 Å². The highest BCUT2D eigenvalue weighted by molar-refractivity contribution is 9.11. The maximum Gasteiger partial charge on any atom is 0.114 e. The Balaban J connectivity index is 2.35. The van der Waals surface area contributed by atoms with Gasteiger partial charge in [0.2, 0.25) is 0 Å². The van der Waals surface area contributed by atoms with E-state index in [9.17, 15) is 5.11 Å². The van der Waals surface area contributed by atoms with E-state index in [1.165, 1.54) is 0 Å². The van der Waals surface area contributed by atoms with E-state index in [1.54, 1.807) is 22.7 Å². The molecule has 0 aliphatic heterocycles. The average molecular weight is 368 g/mol. The smallest absolute Gasteiger partial charge is 0.114 e. The lowest BCUT2D eigenvalue weighted by atomic mass is 10.1. The summed E-state index contributed by atoms with van der Waals surface area (Å²) in [6.45, 7) is 2.02. The largest absolute Gasteiger partial charge is 0.383 e. The lowest BCUT2D eigenvalue weighted by molar-refractivity contribution is 0.224. The first-order valence-corrected chi connectivity index (χ1v) is 7.49. The summed E-state index contributed by atoms with van der Waals surface area (Å²) in [5.74, 6) is 0. The van der Waals surface area contributed by atoms with Gasteiger partial charge in [0.05, 0.1) is 7.57 Å². The molecule has 1 N–H and O–H groups in total. The molecule has 0 radical (unpaired) electrons. The van der Waals surface area contributed by atoms with E-state index in [1.807, 2.05) is 25.1 Å². The van der Waals surface area contributed by atoms with Gasteiger partial charge < -0.3 is 5.11 Å². The van der Waals surface area contributed by atoms with Gasteiger partial charge >= 0.3 is 0 Å². The summed E-state index contributed by atoms with van der Waals surface area (Å²) in [6, 6.07) is 5.89. The molecule has 1 unspecified atom stereocenters. The van der Waals surface area contributed by atoms with Crippen molar-refractivity contribution in [2.45, 2.75) is 13.0 Å². The Morgan fingerprint density at radius 3 is 2.40 bits per heavy atom. The van der Waals surface area contributed by atoms with Crippen LogP contribution in [-0.4, -0.2) is 5.11 Å². The second-order valence-electron chi connectivity index (χ2n) is 3.11. The SMILES string of the molecule is Cc1sc(Br)cc1C(O)c1ccc(Br)s1. The topological polar surface area (TPSA) is 20.2 Å². The lowest BCUT2D eigenvalue weighted by Gasteiger charge is -2.07. The Hall–Kier alpha value is 0.320. The van der Waals surface area contributed by atoms with E-state index < -0.39 is 6.10 Å². The van der Waals surface area contributed by atoms with Gasteiger partial charge in [-0.1, -0.05) is 0 Å².